The monoisotopic (exact) mass is 300 g/mol. The smallest absolute Gasteiger partial charge is 0.407 e. The highest BCUT2D eigenvalue weighted by atomic mass is 32.2. The van der Waals surface area contributed by atoms with E-state index >= 15 is 0 Å². The lowest BCUT2D eigenvalue weighted by Gasteiger charge is -2.19. The molecule has 0 bridgehead atoms. The standard InChI is InChI=1S/C13H20N2O4S/c1-13(2,3)19-12(16)15-7-4-10-20(17,18)11-5-8-14-9-6-11/h5-6,8-9H,4,7,10H2,1-3H3,(H,15,16). The number of sulfone groups is 1. The largest absolute Gasteiger partial charge is 0.444 e. The average Bonchev–Trinajstić information content (AvgIpc) is 2.34. The van der Waals surface area contributed by atoms with Gasteiger partial charge < -0.3 is 10.1 Å². The first kappa shape index (κ1) is 16.4. The molecule has 0 aliphatic rings. The number of alkyl carbamates (subject to hydrolysis) is 1. The molecule has 7 heteroatoms. The molecule has 0 fully saturated rings. The number of nitrogens with zero attached hydrogens (tertiary/aromatic N) is 1. The molecular weight excluding hydrogens is 280 g/mol. The minimum atomic E-state index is -3.33. The lowest BCUT2D eigenvalue weighted by Crippen LogP contribution is -2.33. The van der Waals surface area contributed by atoms with E-state index in [0.717, 1.165) is 0 Å². The molecule has 1 rings (SSSR count). The van der Waals surface area contributed by atoms with Gasteiger partial charge in [0.2, 0.25) is 0 Å². The van der Waals surface area contributed by atoms with Crippen LogP contribution in [0.2, 0.25) is 0 Å². The summed E-state index contributed by atoms with van der Waals surface area (Å²) in [6, 6.07) is 2.91. The summed E-state index contributed by atoms with van der Waals surface area (Å²) in [6.45, 7) is 5.54. The van der Waals surface area contributed by atoms with Crippen LogP contribution in [0.15, 0.2) is 29.4 Å². The number of carbonyl (C=O) groups is 1. The van der Waals surface area contributed by atoms with Crippen LogP contribution in [0.3, 0.4) is 0 Å². The Morgan fingerprint density at radius 2 is 1.90 bits per heavy atom. The molecule has 112 valence electrons. The number of ether oxygens (including phenoxy) is 1. The van der Waals surface area contributed by atoms with Gasteiger partial charge >= 0.3 is 6.09 Å². The first-order valence-electron chi connectivity index (χ1n) is 6.30. The Labute approximate surface area is 119 Å². The normalized spacial score (nSPS) is 11.9. The summed E-state index contributed by atoms with van der Waals surface area (Å²) in [6.07, 6.45) is 2.65. The molecule has 0 aliphatic heterocycles. The molecule has 1 heterocycles. The Morgan fingerprint density at radius 3 is 2.45 bits per heavy atom. The minimum Gasteiger partial charge on any atom is -0.444 e. The second-order valence-corrected chi connectivity index (χ2v) is 7.39. The Hall–Kier alpha value is -1.63. The zero-order chi connectivity index (χ0) is 15.2. The van der Waals surface area contributed by atoms with E-state index in [2.05, 4.69) is 10.3 Å². The molecule has 1 N–H and O–H groups in total. The highest BCUT2D eigenvalue weighted by Crippen LogP contribution is 2.10. The molecule has 0 radical (unpaired) electrons. The quantitative estimate of drug-likeness (QED) is 0.838. The molecule has 0 unspecified atom stereocenters. The SMILES string of the molecule is CC(C)(C)OC(=O)NCCCS(=O)(=O)c1ccncc1. The highest BCUT2D eigenvalue weighted by Gasteiger charge is 2.17. The van der Waals surface area contributed by atoms with Crippen molar-refractivity contribution in [2.75, 3.05) is 12.3 Å². The average molecular weight is 300 g/mol. The maximum Gasteiger partial charge on any atom is 0.407 e. The predicted octanol–water partition coefficient (Wildman–Crippen LogP) is 1.77. The van der Waals surface area contributed by atoms with Gasteiger partial charge in [-0.1, -0.05) is 0 Å². The fourth-order valence-corrected chi connectivity index (χ4v) is 2.73. The molecule has 1 amide bonds. The molecule has 0 saturated carbocycles. The van der Waals surface area contributed by atoms with Crippen LogP contribution in [0.1, 0.15) is 27.2 Å². The van der Waals surface area contributed by atoms with Crippen molar-refractivity contribution < 1.29 is 17.9 Å². The molecule has 1 aromatic rings. The van der Waals surface area contributed by atoms with Gasteiger partial charge in [0.1, 0.15) is 5.60 Å². The maximum absolute atomic E-state index is 11.9. The van der Waals surface area contributed by atoms with Gasteiger partial charge in [-0.05, 0) is 39.3 Å². The maximum atomic E-state index is 11.9. The van der Waals surface area contributed by atoms with E-state index in [4.69, 9.17) is 4.74 Å². The van der Waals surface area contributed by atoms with Crippen molar-refractivity contribution in [3.63, 3.8) is 0 Å². The summed E-state index contributed by atoms with van der Waals surface area (Å²) in [5, 5.41) is 2.53. The van der Waals surface area contributed by atoms with Gasteiger partial charge in [0, 0.05) is 18.9 Å². The van der Waals surface area contributed by atoms with Gasteiger partial charge in [-0.15, -0.1) is 0 Å². The number of hydrogen-bond donors (Lipinski definition) is 1. The summed E-state index contributed by atoms with van der Waals surface area (Å²) in [5.74, 6) is -0.0349. The van der Waals surface area contributed by atoms with E-state index in [1.807, 2.05) is 0 Å². The Balaban J connectivity index is 2.37. The number of hydrogen-bond acceptors (Lipinski definition) is 5. The van der Waals surface area contributed by atoms with Crippen LogP contribution in [-0.2, 0) is 14.6 Å². The second-order valence-electron chi connectivity index (χ2n) is 5.28. The van der Waals surface area contributed by atoms with Gasteiger partial charge in [0.25, 0.3) is 0 Å². The van der Waals surface area contributed by atoms with Gasteiger partial charge in [-0.2, -0.15) is 0 Å². The van der Waals surface area contributed by atoms with E-state index in [-0.39, 0.29) is 17.2 Å². The molecular formula is C13H20N2O4S. The fraction of sp³-hybridized carbons (Fsp3) is 0.538. The lowest BCUT2D eigenvalue weighted by molar-refractivity contribution is 0.0528. The number of nitrogens with one attached hydrogen (secondary N) is 1. The Morgan fingerprint density at radius 1 is 1.30 bits per heavy atom. The number of carbonyl (C=O) groups excluding carboxylic acids is 1. The molecule has 0 aromatic carbocycles. The van der Waals surface area contributed by atoms with Crippen molar-refractivity contribution in [3.8, 4) is 0 Å². The molecule has 1 aromatic heterocycles. The fourth-order valence-electron chi connectivity index (χ4n) is 1.43. The van der Waals surface area contributed by atoms with E-state index < -0.39 is 21.5 Å². The van der Waals surface area contributed by atoms with Crippen molar-refractivity contribution in [2.24, 2.45) is 0 Å². The third-order valence-corrected chi connectivity index (χ3v) is 4.08. The van der Waals surface area contributed by atoms with Crippen molar-refractivity contribution >= 4 is 15.9 Å². The van der Waals surface area contributed by atoms with E-state index in [9.17, 15) is 13.2 Å². The molecule has 0 saturated heterocycles. The van der Waals surface area contributed by atoms with E-state index in [1.54, 1.807) is 20.8 Å². The highest BCUT2D eigenvalue weighted by molar-refractivity contribution is 7.91. The van der Waals surface area contributed by atoms with Crippen LogP contribution < -0.4 is 5.32 Å². The third-order valence-electron chi connectivity index (χ3n) is 2.27. The minimum absolute atomic E-state index is 0.0349. The number of aromatic nitrogens is 1. The van der Waals surface area contributed by atoms with Gasteiger partial charge in [-0.3, -0.25) is 4.98 Å². The van der Waals surface area contributed by atoms with Crippen LogP contribution >= 0.6 is 0 Å². The van der Waals surface area contributed by atoms with E-state index in [1.165, 1.54) is 24.5 Å². The first-order valence-corrected chi connectivity index (χ1v) is 7.95. The van der Waals surface area contributed by atoms with Gasteiger partial charge in [0.05, 0.1) is 10.6 Å². The summed E-state index contributed by atoms with van der Waals surface area (Å²) >= 11 is 0. The predicted molar refractivity (Wildman–Crippen MR) is 75.1 cm³/mol. The summed E-state index contributed by atoms with van der Waals surface area (Å²) in [7, 11) is -3.33. The van der Waals surface area contributed by atoms with Crippen molar-refractivity contribution in [2.45, 2.75) is 37.7 Å². The summed E-state index contributed by atoms with van der Waals surface area (Å²) in [5.41, 5.74) is -0.562. The van der Waals surface area contributed by atoms with Crippen LogP contribution in [0, 0.1) is 0 Å². The number of amides is 1. The van der Waals surface area contributed by atoms with E-state index in [0.29, 0.717) is 6.42 Å². The van der Waals surface area contributed by atoms with Crippen molar-refractivity contribution in [1.29, 1.82) is 0 Å². The Kier molecular flexibility index (Phi) is 5.50. The van der Waals surface area contributed by atoms with Crippen LogP contribution in [0.25, 0.3) is 0 Å². The zero-order valence-corrected chi connectivity index (χ0v) is 12.7. The van der Waals surface area contributed by atoms with Gasteiger partial charge in [-0.25, -0.2) is 13.2 Å². The van der Waals surface area contributed by atoms with Crippen LogP contribution in [0.4, 0.5) is 4.79 Å². The molecule has 20 heavy (non-hydrogen) atoms. The number of pyridine rings is 1. The molecule has 6 nitrogen and oxygen atoms in total. The Bertz CT molecular complexity index is 535. The molecule has 0 atom stereocenters. The summed E-state index contributed by atoms with van der Waals surface area (Å²) in [4.78, 5) is 15.4. The van der Waals surface area contributed by atoms with Crippen molar-refractivity contribution in [1.82, 2.24) is 10.3 Å². The third kappa shape index (κ3) is 6.01. The first-order chi connectivity index (χ1) is 9.21. The second kappa shape index (κ2) is 6.69. The summed E-state index contributed by atoms with van der Waals surface area (Å²) < 4.78 is 28.9. The van der Waals surface area contributed by atoms with Gasteiger partial charge in [0.15, 0.2) is 9.84 Å². The lowest BCUT2D eigenvalue weighted by atomic mass is 10.2. The number of rotatable bonds is 5. The zero-order valence-electron chi connectivity index (χ0n) is 11.9. The van der Waals surface area contributed by atoms with Crippen LogP contribution in [0.5, 0.6) is 0 Å². The molecule has 0 aliphatic carbocycles. The van der Waals surface area contributed by atoms with Crippen molar-refractivity contribution in [3.05, 3.63) is 24.5 Å². The van der Waals surface area contributed by atoms with Crippen LogP contribution in [-0.4, -0.2) is 37.4 Å². The molecule has 0 spiro atoms. The topological polar surface area (TPSA) is 85.4 Å².